The number of hydrogen-bond acceptors (Lipinski definition) is 3. The highest BCUT2D eigenvalue weighted by atomic mass is 19.1. The van der Waals surface area contributed by atoms with Crippen molar-refractivity contribution in [3.63, 3.8) is 0 Å². The molecule has 1 fully saturated rings. The molecule has 1 aliphatic heterocycles. The van der Waals surface area contributed by atoms with Crippen molar-refractivity contribution in [1.82, 2.24) is 4.90 Å². The molecule has 2 atom stereocenters. The van der Waals surface area contributed by atoms with E-state index in [2.05, 4.69) is 4.90 Å². The van der Waals surface area contributed by atoms with Gasteiger partial charge in [0.2, 0.25) is 0 Å². The molecule has 19 heavy (non-hydrogen) atoms. The second-order valence-electron chi connectivity index (χ2n) is 5.19. The van der Waals surface area contributed by atoms with E-state index in [9.17, 15) is 9.50 Å². The molecular formula is C15H22FNO2. The molecule has 0 unspecified atom stereocenters. The van der Waals surface area contributed by atoms with Crippen LogP contribution in [0.2, 0.25) is 0 Å². The van der Waals surface area contributed by atoms with Gasteiger partial charge < -0.3 is 10.2 Å². The summed E-state index contributed by atoms with van der Waals surface area (Å²) in [6.07, 6.45) is 3.23. The number of benzene rings is 1. The van der Waals surface area contributed by atoms with Crippen LogP contribution in [-0.4, -0.2) is 40.9 Å². The number of nitrogens with zero attached hydrogens (tertiary/aromatic N) is 1. The Labute approximate surface area is 113 Å². The molecule has 1 heterocycles. The molecule has 1 aromatic rings. The third kappa shape index (κ3) is 3.75. The number of rotatable bonds is 5. The molecule has 0 spiro atoms. The number of halogens is 1. The van der Waals surface area contributed by atoms with Crippen molar-refractivity contribution in [2.24, 2.45) is 0 Å². The molecular weight excluding hydrogens is 245 g/mol. The predicted octanol–water partition coefficient (Wildman–Crippen LogP) is 2.10. The van der Waals surface area contributed by atoms with Gasteiger partial charge in [-0.25, -0.2) is 4.39 Å². The quantitative estimate of drug-likeness (QED) is 0.858. The van der Waals surface area contributed by atoms with Crippen LogP contribution in [0.15, 0.2) is 24.3 Å². The summed E-state index contributed by atoms with van der Waals surface area (Å²) >= 11 is 0. The molecule has 0 aromatic heterocycles. The minimum absolute atomic E-state index is 0.164. The van der Waals surface area contributed by atoms with E-state index in [-0.39, 0.29) is 12.4 Å². The van der Waals surface area contributed by atoms with E-state index < -0.39 is 6.10 Å². The number of aliphatic hydroxyl groups excluding tert-OH is 2. The van der Waals surface area contributed by atoms with Crippen molar-refractivity contribution in [1.29, 1.82) is 0 Å². The minimum Gasteiger partial charge on any atom is -0.396 e. The first kappa shape index (κ1) is 14.4. The molecule has 0 radical (unpaired) electrons. The van der Waals surface area contributed by atoms with E-state index in [4.69, 9.17) is 5.11 Å². The molecule has 0 aliphatic carbocycles. The van der Waals surface area contributed by atoms with E-state index >= 15 is 0 Å². The molecule has 106 valence electrons. The maximum Gasteiger partial charge on any atom is 0.129 e. The summed E-state index contributed by atoms with van der Waals surface area (Å²) in [7, 11) is 0. The third-order valence-corrected chi connectivity index (χ3v) is 3.88. The number of aliphatic hydroxyl groups is 2. The highest BCUT2D eigenvalue weighted by molar-refractivity contribution is 5.20. The standard InChI is InChI=1S/C15H22FNO2/c16-14-7-2-1-6-13(14)15(19)11-17-9-4-3-5-12(17)8-10-18/h1-2,6-7,12,15,18-19H,3-5,8-11H2/t12-,15+/m1/s1. The molecule has 3 nitrogen and oxygen atoms in total. The first-order valence-electron chi connectivity index (χ1n) is 6.99. The van der Waals surface area contributed by atoms with Crippen LogP contribution in [0.5, 0.6) is 0 Å². The Balaban J connectivity index is 2.00. The maximum absolute atomic E-state index is 13.6. The average Bonchev–Trinajstić information content (AvgIpc) is 2.41. The first-order chi connectivity index (χ1) is 9.22. The van der Waals surface area contributed by atoms with E-state index in [1.165, 1.54) is 6.07 Å². The Bertz CT molecular complexity index is 397. The van der Waals surface area contributed by atoms with Crippen LogP contribution in [0.4, 0.5) is 4.39 Å². The second-order valence-corrected chi connectivity index (χ2v) is 5.19. The molecule has 0 amide bonds. The fourth-order valence-electron chi connectivity index (χ4n) is 2.84. The zero-order valence-electron chi connectivity index (χ0n) is 11.1. The van der Waals surface area contributed by atoms with Crippen LogP contribution in [0.3, 0.4) is 0 Å². The van der Waals surface area contributed by atoms with Gasteiger partial charge in [-0.15, -0.1) is 0 Å². The summed E-state index contributed by atoms with van der Waals surface area (Å²) in [5.41, 5.74) is 0.357. The molecule has 4 heteroatoms. The Hall–Kier alpha value is -0.970. The topological polar surface area (TPSA) is 43.7 Å². The lowest BCUT2D eigenvalue weighted by molar-refractivity contribution is 0.0550. The Morgan fingerprint density at radius 3 is 2.84 bits per heavy atom. The smallest absolute Gasteiger partial charge is 0.129 e. The van der Waals surface area contributed by atoms with Crippen LogP contribution >= 0.6 is 0 Å². The zero-order valence-corrected chi connectivity index (χ0v) is 11.1. The average molecular weight is 267 g/mol. The van der Waals surface area contributed by atoms with Gasteiger partial charge in [-0.3, -0.25) is 4.90 Å². The van der Waals surface area contributed by atoms with E-state index in [1.54, 1.807) is 18.2 Å². The number of hydrogen-bond donors (Lipinski definition) is 2. The predicted molar refractivity (Wildman–Crippen MR) is 72.3 cm³/mol. The van der Waals surface area contributed by atoms with E-state index in [0.29, 0.717) is 18.2 Å². The van der Waals surface area contributed by atoms with Crippen LogP contribution in [0.1, 0.15) is 37.4 Å². The number of β-amino-alcohol motifs (C(OH)–C–C–N with tert-alkyl or cyclic N) is 1. The van der Waals surface area contributed by atoms with Crippen molar-refractivity contribution < 1.29 is 14.6 Å². The summed E-state index contributed by atoms with van der Waals surface area (Å²) in [4.78, 5) is 2.18. The summed E-state index contributed by atoms with van der Waals surface area (Å²) < 4.78 is 13.6. The largest absolute Gasteiger partial charge is 0.396 e. The van der Waals surface area contributed by atoms with Crippen LogP contribution in [0.25, 0.3) is 0 Å². The minimum atomic E-state index is -0.805. The van der Waals surface area contributed by atoms with Crippen LogP contribution in [0, 0.1) is 5.82 Å². The second kappa shape index (κ2) is 6.98. The highest BCUT2D eigenvalue weighted by Crippen LogP contribution is 2.24. The van der Waals surface area contributed by atoms with Crippen molar-refractivity contribution >= 4 is 0 Å². The number of likely N-dealkylation sites (tertiary alicyclic amines) is 1. The molecule has 1 aliphatic rings. The molecule has 1 aromatic carbocycles. The van der Waals surface area contributed by atoms with Gasteiger partial charge in [-0.2, -0.15) is 0 Å². The lowest BCUT2D eigenvalue weighted by Gasteiger charge is -2.36. The van der Waals surface area contributed by atoms with Gasteiger partial charge in [0.05, 0.1) is 6.10 Å². The van der Waals surface area contributed by atoms with E-state index in [1.807, 2.05) is 0 Å². The van der Waals surface area contributed by atoms with Gasteiger partial charge in [-0.1, -0.05) is 24.6 Å². The van der Waals surface area contributed by atoms with E-state index in [0.717, 1.165) is 32.2 Å². The maximum atomic E-state index is 13.6. The molecule has 1 saturated heterocycles. The Morgan fingerprint density at radius 1 is 1.32 bits per heavy atom. The summed E-state index contributed by atoms with van der Waals surface area (Å²) in [5, 5.41) is 19.3. The van der Waals surface area contributed by atoms with Crippen molar-refractivity contribution in [3.05, 3.63) is 35.6 Å². The SMILES string of the molecule is OCC[C@H]1CCCCN1C[C@H](O)c1ccccc1F. The molecule has 2 rings (SSSR count). The number of piperidine rings is 1. The lowest BCUT2D eigenvalue weighted by atomic mass is 9.98. The lowest BCUT2D eigenvalue weighted by Crippen LogP contribution is -2.42. The molecule has 2 N–H and O–H groups in total. The van der Waals surface area contributed by atoms with Crippen molar-refractivity contribution in [2.75, 3.05) is 19.7 Å². The van der Waals surface area contributed by atoms with Crippen LogP contribution in [-0.2, 0) is 0 Å². The zero-order chi connectivity index (χ0) is 13.7. The molecule has 0 bridgehead atoms. The summed E-state index contributed by atoms with van der Waals surface area (Å²) in [5.74, 6) is -0.356. The monoisotopic (exact) mass is 267 g/mol. The Morgan fingerprint density at radius 2 is 2.11 bits per heavy atom. The first-order valence-corrected chi connectivity index (χ1v) is 6.99. The third-order valence-electron chi connectivity index (χ3n) is 3.88. The van der Waals surface area contributed by atoms with Crippen molar-refractivity contribution in [2.45, 2.75) is 37.8 Å². The fourth-order valence-corrected chi connectivity index (χ4v) is 2.84. The van der Waals surface area contributed by atoms with Gasteiger partial charge in [0.15, 0.2) is 0 Å². The fraction of sp³-hybridized carbons (Fsp3) is 0.600. The van der Waals surface area contributed by atoms with Gasteiger partial charge >= 0.3 is 0 Å². The van der Waals surface area contributed by atoms with Gasteiger partial charge in [0.1, 0.15) is 5.82 Å². The normalized spacial score (nSPS) is 22.4. The van der Waals surface area contributed by atoms with Gasteiger partial charge in [-0.05, 0) is 31.9 Å². The van der Waals surface area contributed by atoms with Gasteiger partial charge in [0.25, 0.3) is 0 Å². The van der Waals surface area contributed by atoms with Gasteiger partial charge in [0, 0.05) is 24.8 Å². The van der Waals surface area contributed by atoms with Crippen LogP contribution < -0.4 is 0 Å². The molecule has 0 saturated carbocycles. The highest BCUT2D eigenvalue weighted by Gasteiger charge is 2.25. The Kier molecular flexibility index (Phi) is 5.31. The van der Waals surface area contributed by atoms with Crippen molar-refractivity contribution in [3.8, 4) is 0 Å². The summed E-state index contributed by atoms with van der Waals surface area (Å²) in [6.45, 7) is 1.51. The summed E-state index contributed by atoms with van der Waals surface area (Å²) in [6, 6.07) is 6.68.